The van der Waals surface area contributed by atoms with Crippen molar-refractivity contribution in [2.45, 2.75) is 6.54 Å². The van der Waals surface area contributed by atoms with E-state index >= 15 is 0 Å². The zero-order chi connectivity index (χ0) is 18.6. The van der Waals surface area contributed by atoms with Crippen LogP contribution in [0.2, 0.25) is 5.02 Å². The summed E-state index contributed by atoms with van der Waals surface area (Å²) in [7, 11) is 0. The molecule has 1 amide bonds. The highest BCUT2D eigenvalue weighted by Crippen LogP contribution is 2.31. The molecule has 0 fully saturated rings. The van der Waals surface area contributed by atoms with Crippen molar-refractivity contribution in [1.82, 2.24) is 15.2 Å². The van der Waals surface area contributed by atoms with Crippen molar-refractivity contribution < 1.29 is 14.3 Å². The lowest BCUT2D eigenvalue weighted by Crippen LogP contribution is -2.18. The maximum atomic E-state index is 12.2. The predicted octanol–water partition coefficient (Wildman–Crippen LogP) is 3.08. The van der Waals surface area contributed by atoms with Crippen LogP contribution in [-0.4, -0.2) is 28.7 Å². The van der Waals surface area contributed by atoms with Gasteiger partial charge in [-0.1, -0.05) is 23.7 Å². The first kappa shape index (κ1) is 17.1. The Morgan fingerprint density at radius 2 is 2.00 bits per heavy atom. The fraction of sp³-hybridized carbons (Fsp3) is 0.105. The smallest absolute Gasteiger partial charge is 0.291 e. The Morgan fingerprint density at radius 1 is 1.19 bits per heavy atom. The van der Waals surface area contributed by atoms with Gasteiger partial charge in [-0.25, -0.2) is 5.43 Å². The Labute approximate surface area is 160 Å². The van der Waals surface area contributed by atoms with Gasteiger partial charge in [-0.05, 0) is 47.5 Å². The van der Waals surface area contributed by atoms with Crippen LogP contribution in [-0.2, 0) is 6.54 Å². The van der Waals surface area contributed by atoms with Crippen LogP contribution in [0.5, 0.6) is 11.5 Å². The number of nitrogens with one attached hydrogen (secondary N) is 1. The van der Waals surface area contributed by atoms with Gasteiger partial charge in [0.25, 0.3) is 5.91 Å². The van der Waals surface area contributed by atoms with E-state index in [0.717, 1.165) is 11.1 Å². The molecule has 1 aliphatic heterocycles. The number of carbonyl (C=O) groups is 1. The van der Waals surface area contributed by atoms with Gasteiger partial charge in [0.1, 0.15) is 0 Å². The van der Waals surface area contributed by atoms with Crippen LogP contribution in [0.15, 0.2) is 59.8 Å². The van der Waals surface area contributed by atoms with Crippen molar-refractivity contribution >= 4 is 23.7 Å². The Bertz CT molecular complexity index is 998. The van der Waals surface area contributed by atoms with E-state index in [1.807, 2.05) is 30.3 Å². The van der Waals surface area contributed by atoms with E-state index in [1.165, 1.54) is 6.21 Å². The second kappa shape index (κ2) is 7.51. The highest BCUT2D eigenvalue weighted by atomic mass is 35.5. The number of hydrogen-bond donors (Lipinski definition) is 1. The van der Waals surface area contributed by atoms with E-state index in [4.69, 9.17) is 21.1 Å². The van der Waals surface area contributed by atoms with Crippen LogP contribution in [0.4, 0.5) is 0 Å². The minimum Gasteiger partial charge on any atom is -0.454 e. The Balaban J connectivity index is 1.36. The second-order valence-electron chi connectivity index (χ2n) is 5.84. The molecule has 0 spiro atoms. The van der Waals surface area contributed by atoms with Crippen molar-refractivity contribution in [2.24, 2.45) is 5.10 Å². The number of rotatable bonds is 5. The summed E-state index contributed by atoms with van der Waals surface area (Å²) in [5, 5.41) is 8.90. The molecule has 3 aromatic rings. The van der Waals surface area contributed by atoms with Gasteiger partial charge >= 0.3 is 0 Å². The number of amides is 1. The van der Waals surface area contributed by atoms with Crippen molar-refractivity contribution in [3.63, 3.8) is 0 Å². The summed E-state index contributed by atoms with van der Waals surface area (Å²) in [6.07, 6.45) is 3.27. The molecule has 0 bridgehead atoms. The van der Waals surface area contributed by atoms with Crippen molar-refractivity contribution in [3.05, 3.63) is 76.6 Å². The van der Waals surface area contributed by atoms with Gasteiger partial charge in [0, 0.05) is 11.2 Å². The quantitative estimate of drug-likeness (QED) is 0.543. The van der Waals surface area contributed by atoms with Crippen LogP contribution in [0.3, 0.4) is 0 Å². The molecule has 136 valence electrons. The molecule has 0 radical (unpaired) electrons. The van der Waals surface area contributed by atoms with Gasteiger partial charge in [0.15, 0.2) is 17.2 Å². The average molecular weight is 383 g/mol. The Hall–Kier alpha value is -3.32. The number of halogens is 1. The highest BCUT2D eigenvalue weighted by Gasteiger charge is 2.13. The molecule has 1 N–H and O–H groups in total. The fourth-order valence-electron chi connectivity index (χ4n) is 2.56. The number of ether oxygens (including phenoxy) is 2. The largest absolute Gasteiger partial charge is 0.454 e. The molecule has 2 aromatic carbocycles. The predicted molar refractivity (Wildman–Crippen MR) is 100 cm³/mol. The van der Waals surface area contributed by atoms with Crippen LogP contribution in [0, 0.1) is 0 Å². The lowest BCUT2D eigenvalue weighted by molar-refractivity contribution is 0.0949. The molecule has 8 heteroatoms. The van der Waals surface area contributed by atoms with Crippen LogP contribution >= 0.6 is 11.6 Å². The number of hydrazone groups is 1. The van der Waals surface area contributed by atoms with Gasteiger partial charge in [-0.2, -0.15) is 10.2 Å². The van der Waals surface area contributed by atoms with E-state index < -0.39 is 0 Å². The molecule has 2 heterocycles. The van der Waals surface area contributed by atoms with Crippen molar-refractivity contribution in [2.75, 3.05) is 6.79 Å². The van der Waals surface area contributed by atoms with Gasteiger partial charge < -0.3 is 9.47 Å². The van der Waals surface area contributed by atoms with Crippen LogP contribution in [0.25, 0.3) is 0 Å². The molecule has 1 aromatic heterocycles. The number of fused-ring (bicyclic) bond motifs is 1. The summed E-state index contributed by atoms with van der Waals surface area (Å²) in [6, 6.07) is 14.5. The number of hydrogen-bond acceptors (Lipinski definition) is 5. The molecular weight excluding hydrogens is 368 g/mol. The highest BCUT2D eigenvalue weighted by molar-refractivity contribution is 6.30. The third-order valence-corrected chi connectivity index (χ3v) is 4.16. The second-order valence-corrected chi connectivity index (χ2v) is 6.27. The van der Waals surface area contributed by atoms with E-state index in [2.05, 4.69) is 15.6 Å². The summed E-state index contributed by atoms with van der Waals surface area (Å²) in [5.41, 5.74) is 4.57. The third-order valence-electron chi connectivity index (χ3n) is 3.91. The molecule has 0 atom stereocenters. The SMILES string of the molecule is O=C(N/N=C/c1ccc2c(c1)OCO2)c1ccn(Cc2ccc(Cl)cc2)n1. The van der Waals surface area contributed by atoms with E-state index in [9.17, 15) is 4.79 Å². The first-order chi connectivity index (χ1) is 13.2. The lowest BCUT2D eigenvalue weighted by atomic mass is 10.2. The normalized spacial score (nSPS) is 12.5. The summed E-state index contributed by atoms with van der Waals surface area (Å²) in [5.74, 6) is 0.968. The molecule has 4 rings (SSSR count). The zero-order valence-electron chi connectivity index (χ0n) is 14.1. The number of nitrogens with zero attached hydrogens (tertiary/aromatic N) is 3. The summed E-state index contributed by atoms with van der Waals surface area (Å²) in [6.45, 7) is 0.760. The van der Waals surface area contributed by atoms with Crippen LogP contribution < -0.4 is 14.9 Å². The third kappa shape index (κ3) is 4.09. The first-order valence-electron chi connectivity index (χ1n) is 8.18. The molecule has 0 saturated heterocycles. The maximum Gasteiger partial charge on any atom is 0.291 e. The van der Waals surface area contributed by atoms with Crippen molar-refractivity contribution in [1.29, 1.82) is 0 Å². The Kier molecular flexibility index (Phi) is 4.76. The molecule has 1 aliphatic rings. The lowest BCUT2D eigenvalue weighted by Gasteiger charge is -2.02. The van der Waals surface area contributed by atoms with Gasteiger partial charge in [-0.15, -0.1) is 0 Å². The molecular formula is C19H15ClN4O3. The van der Waals surface area contributed by atoms with Gasteiger partial charge in [-0.3, -0.25) is 9.48 Å². The number of aromatic nitrogens is 2. The summed E-state index contributed by atoms with van der Waals surface area (Å²) >= 11 is 5.88. The number of carbonyl (C=O) groups excluding carboxylic acids is 1. The van der Waals surface area contributed by atoms with E-state index in [0.29, 0.717) is 23.1 Å². The minimum absolute atomic E-state index is 0.214. The van der Waals surface area contributed by atoms with Gasteiger partial charge in [0.05, 0.1) is 12.8 Å². The summed E-state index contributed by atoms with van der Waals surface area (Å²) < 4.78 is 12.2. The number of benzene rings is 2. The molecule has 0 unspecified atom stereocenters. The first-order valence-corrected chi connectivity index (χ1v) is 8.56. The van der Waals surface area contributed by atoms with Crippen LogP contribution in [0.1, 0.15) is 21.6 Å². The van der Waals surface area contributed by atoms with Gasteiger partial charge in [0.2, 0.25) is 6.79 Å². The summed E-state index contributed by atoms with van der Waals surface area (Å²) in [4.78, 5) is 12.2. The Morgan fingerprint density at radius 3 is 2.85 bits per heavy atom. The standard InChI is InChI=1S/C19H15ClN4O3/c20-15-4-1-13(2-5-15)11-24-8-7-16(23-24)19(25)22-21-10-14-3-6-17-18(9-14)27-12-26-17/h1-10H,11-12H2,(H,22,25)/b21-10+. The molecule has 0 aliphatic carbocycles. The average Bonchev–Trinajstić information content (AvgIpc) is 3.32. The topological polar surface area (TPSA) is 77.7 Å². The van der Waals surface area contributed by atoms with Crippen molar-refractivity contribution in [3.8, 4) is 11.5 Å². The fourth-order valence-corrected chi connectivity index (χ4v) is 2.69. The van der Waals surface area contributed by atoms with E-state index in [1.54, 1.807) is 29.1 Å². The molecule has 7 nitrogen and oxygen atoms in total. The monoisotopic (exact) mass is 382 g/mol. The maximum absolute atomic E-state index is 12.2. The van der Waals surface area contributed by atoms with E-state index in [-0.39, 0.29) is 18.4 Å². The molecule has 27 heavy (non-hydrogen) atoms. The minimum atomic E-state index is -0.387. The zero-order valence-corrected chi connectivity index (χ0v) is 14.9. The molecule has 0 saturated carbocycles.